The molecule has 0 aromatic carbocycles. The maximum atomic E-state index is 11.5. The summed E-state index contributed by atoms with van der Waals surface area (Å²) in [7, 11) is 0. The zero-order chi connectivity index (χ0) is 13.2. The molecule has 9 heteroatoms. The molecule has 0 bridgehead atoms. The fourth-order valence-corrected chi connectivity index (χ4v) is 1.41. The SMILES string of the molecule is O=C(O)C(Br)C(Br)C(=O)On1c(O)ccc1O. The summed E-state index contributed by atoms with van der Waals surface area (Å²) in [6.45, 7) is 0. The van der Waals surface area contributed by atoms with E-state index < -0.39 is 33.4 Å². The van der Waals surface area contributed by atoms with Crippen LogP contribution in [0.5, 0.6) is 11.8 Å². The van der Waals surface area contributed by atoms with E-state index in [0.717, 1.165) is 12.1 Å². The maximum absolute atomic E-state index is 11.5. The number of aliphatic carboxylic acids is 1. The van der Waals surface area contributed by atoms with Crippen LogP contribution in [0.15, 0.2) is 12.1 Å². The molecule has 0 amide bonds. The van der Waals surface area contributed by atoms with E-state index in [-0.39, 0.29) is 0 Å². The van der Waals surface area contributed by atoms with Crippen LogP contribution in [-0.4, -0.2) is 41.6 Å². The van der Waals surface area contributed by atoms with Gasteiger partial charge < -0.3 is 20.2 Å². The smallest absolute Gasteiger partial charge is 0.348 e. The van der Waals surface area contributed by atoms with Crippen LogP contribution in [0.25, 0.3) is 0 Å². The second kappa shape index (κ2) is 5.41. The first-order valence-corrected chi connectivity index (χ1v) is 6.00. The molecule has 3 N–H and O–H groups in total. The summed E-state index contributed by atoms with van der Waals surface area (Å²) in [5, 5.41) is 27.0. The van der Waals surface area contributed by atoms with Crippen molar-refractivity contribution in [3.05, 3.63) is 12.1 Å². The summed E-state index contributed by atoms with van der Waals surface area (Å²) >= 11 is 5.59. The van der Waals surface area contributed by atoms with Gasteiger partial charge in [0.15, 0.2) is 0 Å². The van der Waals surface area contributed by atoms with E-state index in [9.17, 15) is 19.8 Å². The first-order valence-electron chi connectivity index (χ1n) is 4.17. The minimum Gasteiger partial charge on any atom is -0.492 e. The number of aromatic hydroxyl groups is 2. The summed E-state index contributed by atoms with van der Waals surface area (Å²) in [5.41, 5.74) is 0. The molecule has 0 spiro atoms. The number of nitrogens with zero attached hydrogens (tertiary/aromatic N) is 1. The molecule has 0 saturated heterocycles. The Bertz CT molecular complexity index is 426. The number of carbonyl (C=O) groups excluding carboxylic acids is 1. The lowest BCUT2D eigenvalue weighted by Gasteiger charge is -2.12. The van der Waals surface area contributed by atoms with E-state index in [4.69, 9.17) is 5.11 Å². The number of carboxylic acids is 1. The molecule has 1 aromatic rings. The Labute approximate surface area is 112 Å². The molecule has 2 atom stereocenters. The minimum atomic E-state index is -1.26. The van der Waals surface area contributed by atoms with Gasteiger partial charge in [-0.15, -0.1) is 4.73 Å². The second-order valence-corrected chi connectivity index (χ2v) is 4.87. The fourth-order valence-electron chi connectivity index (χ4n) is 0.880. The van der Waals surface area contributed by atoms with Gasteiger partial charge in [-0.2, -0.15) is 0 Å². The molecule has 1 aromatic heterocycles. The lowest BCUT2D eigenvalue weighted by atomic mass is 10.3. The van der Waals surface area contributed by atoms with Gasteiger partial charge in [0.25, 0.3) is 0 Å². The molecule has 0 saturated carbocycles. The van der Waals surface area contributed by atoms with Crippen LogP contribution in [0.2, 0.25) is 0 Å². The zero-order valence-electron chi connectivity index (χ0n) is 8.08. The van der Waals surface area contributed by atoms with Crippen molar-refractivity contribution in [1.29, 1.82) is 0 Å². The van der Waals surface area contributed by atoms with Crippen molar-refractivity contribution < 1.29 is 29.7 Å². The van der Waals surface area contributed by atoms with Crippen LogP contribution in [0.1, 0.15) is 0 Å². The number of aromatic nitrogens is 1. The number of halogens is 2. The van der Waals surface area contributed by atoms with Crippen molar-refractivity contribution in [3.63, 3.8) is 0 Å². The first kappa shape index (κ1) is 13.8. The Kier molecular flexibility index (Phi) is 4.40. The summed E-state index contributed by atoms with van der Waals surface area (Å²) in [6, 6.07) is 2.21. The predicted octanol–water partition coefficient (Wildman–Crippen LogP) is 0.466. The third-order valence-corrected chi connectivity index (χ3v) is 4.23. The first-order chi connectivity index (χ1) is 7.84. The van der Waals surface area contributed by atoms with Crippen LogP contribution >= 0.6 is 31.9 Å². The second-order valence-electron chi connectivity index (χ2n) is 2.90. The van der Waals surface area contributed by atoms with Gasteiger partial charge in [0.05, 0.1) is 0 Å². The van der Waals surface area contributed by atoms with E-state index in [0.29, 0.717) is 4.73 Å². The molecule has 94 valence electrons. The molecule has 1 heterocycles. The number of hydrogen-bond donors (Lipinski definition) is 3. The third kappa shape index (κ3) is 3.13. The Balaban J connectivity index is 2.76. The number of hydrogen-bond acceptors (Lipinski definition) is 5. The number of rotatable bonds is 4. The summed E-state index contributed by atoms with van der Waals surface area (Å²) in [5.74, 6) is -3.23. The van der Waals surface area contributed by atoms with Crippen LogP contribution < -0.4 is 4.84 Å². The molecule has 0 fully saturated rings. The van der Waals surface area contributed by atoms with E-state index >= 15 is 0 Å². The van der Waals surface area contributed by atoms with Crippen LogP contribution in [0, 0.1) is 0 Å². The number of carbonyl (C=O) groups is 2. The lowest BCUT2D eigenvalue weighted by Crippen LogP contribution is -2.36. The van der Waals surface area contributed by atoms with E-state index in [2.05, 4.69) is 36.7 Å². The molecule has 17 heavy (non-hydrogen) atoms. The average molecular weight is 373 g/mol. The average Bonchev–Trinajstić information content (AvgIpc) is 2.58. The third-order valence-electron chi connectivity index (χ3n) is 1.70. The summed E-state index contributed by atoms with van der Waals surface area (Å²) < 4.78 is 0.470. The molecule has 7 nitrogen and oxygen atoms in total. The van der Waals surface area contributed by atoms with Gasteiger partial charge in [0.1, 0.15) is 9.65 Å². The number of alkyl halides is 2. The Morgan fingerprint density at radius 1 is 1.18 bits per heavy atom. The largest absolute Gasteiger partial charge is 0.492 e. The van der Waals surface area contributed by atoms with E-state index in [1.165, 1.54) is 0 Å². The standard InChI is InChI=1S/C8H7Br2NO6/c9-5(7(14)15)6(10)8(16)17-11-3(12)1-2-4(11)13/h1-2,5-6,12-13H,(H,14,15). The minimum absolute atomic E-state index is 0.470. The fraction of sp³-hybridized carbons (Fsp3) is 0.250. The van der Waals surface area contributed by atoms with Crippen molar-refractivity contribution >= 4 is 43.8 Å². The predicted molar refractivity (Wildman–Crippen MR) is 62.4 cm³/mol. The van der Waals surface area contributed by atoms with Gasteiger partial charge in [0.2, 0.25) is 11.8 Å². The van der Waals surface area contributed by atoms with Crippen LogP contribution in [0.3, 0.4) is 0 Å². The Morgan fingerprint density at radius 3 is 2.06 bits per heavy atom. The molecule has 0 radical (unpaired) electrons. The molecular weight excluding hydrogens is 366 g/mol. The van der Waals surface area contributed by atoms with Crippen LogP contribution in [0.4, 0.5) is 0 Å². The topological polar surface area (TPSA) is 109 Å². The number of carboxylic acid groups (broad SMARTS) is 1. The maximum Gasteiger partial charge on any atom is 0.348 e. The molecule has 0 aliphatic heterocycles. The molecular formula is C8H7Br2NO6. The lowest BCUT2D eigenvalue weighted by molar-refractivity contribution is -0.147. The van der Waals surface area contributed by atoms with Gasteiger partial charge in [-0.25, -0.2) is 4.79 Å². The van der Waals surface area contributed by atoms with Gasteiger partial charge >= 0.3 is 11.9 Å². The highest BCUT2D eigenvalue weighted by Crippen LogP contribution is 2.21. The quantitative estimate of drug-likeness (QED) is 0.663. The molecule has 2 unspecified atom stereocenters. The highest BCUT2D eigenvalue weighted by atomic mass is 79.9. The summed E-state index contributed by atoms with van der Waals surface area (Å²) in [4.78, 5) is 24.3. The van der Waals surface area contributed by atoms with Gasteiger partial charge in [-0.1, -0.05) is 31.9 Å². The Hall–Kier alpha value is -1.22. The zero-order valence-corrected chi connectivity index (χ0v) is 11.3. The van der Waals surface area contributed by atoms with E-state index in [1.807, 2.05) is 0 Å². The van der Waals surface area contributed by atoms with Crippen LogP contribution in [-0.2, 0) is 9.59 Å². The van der Waals surface area contributed by atoms with Crippen molar-refractivity contribution in [3.8, 4) is 11.8 Å². The summed E-state index contributed by atoms with van der Waals surface area (Å²) in [6.07, 6.45) is 0. The Morgan fingerprint density at radius 2 is 1.65 bits per heavy atom. The molecule has 0 aliphatic rings. The molecule has 1 rings (SSSR count). The van der Waals surface area contributed by atoms with Gasteiger partial charge in [-0.3, -0.25) is 4.79 Å². The highest BCUT2D eigenvalue weighted by molar-refractivity contribution is 9.12. The van der Waals surface area contributed by atoms with Gasteiger partial charge in [0, 0.05) is 12.1 Å². The van der Waals surface area contributed by atoms with E-state index in [1.54, 1.807) is 0 Å². The van der Waals surface area contributed by atoms with Crippen molar-refractivity contribution in [1.82, 2.24) is 4.73 Å². The molecule has 0 aliphatic carbocycles. The highest BCUT2D eigenvalue weighted by Gasteiger charge is 2.32. The monoisotopic (exact) mass is 371 g/mol. The van der Waals surface area contributed by atoms with Gasteiger partial charge in [-0.05, 0) is 0 Å². The van der Waals surface area contributed by atoms with Crippen molar-refractivity contribution in [2.24, 2.45) is 0 Å². The van der Waals surface area contributed by atoms with Crippen molar-refractivity contribution in [2.45, 2.75) is 9.65 Å². The van der Waals surface area contributed by atoms with Crippen molar-refractivity contribution in [2.75, 3.05) is 0 Å². The normalized spacial score (nSPS) is 14.0.